The normalized spacial score (nSPS) is 11.9. The van der Waals surface area contributed by atoms with Crippen molar-refractivity contribution < 1.29 is 21.9 Å². The van der Waals surface area contributed by atoms with Gasteiger partial charge in [-0.3, -0.25) is 4.72 Å². The van der Waals surface area contributed by atoms with Gasteiger partial charge in [-0.1, -0.05) is 29.8 Å². The molecule has 0 saturated heterocycles. The zero-order valence-electron chi connectivity index (χ0n) is 14.6. The lowest BCUT2D eigenvalue weighted by Crippen LogP contribution is -2.14. The number of aromatic hydroxyl groups is 1. The smallest absolute Gasteiger partial charge is 0.261 e. The van der Waals surface area contributed by atoms with Gasteiger partial charge in [-0.2, -0.15) is 0 Å². The fourth-order valence-corrected chi connectivity index (χ4v) is 5.20. The zero-order valence-corrected chi connectivity index (χ0v) is 17.0. The molecule has 6 nitrogen and oxygen atoms in total. The molecule has 0 unspecified atom stereocenters. The summed E-state index contributed by atoms with van der Waals surface area (Å²) < 4.78 is 53.2. The molecule has 3 aromatic rings. The molecular weight excluding hydrogens is 422 g/mol. The van der Waals surface area contributed by atoms with E-state index in [1.165, 1.54) is 49.4 Å². The number of phenols is 1. The van der Waals surface area contributed by atoms with Crippen molar-refractivity contribution in [3.8, 4) is 5.75 Å². The van der Waals surface area contributed by atoms with Crippen LogP contribution in [0.3, 0.4) is 0 Å². The van der Waals surface area contributed by atoms with E-state index in [1.807, 2.05) is 0 Å². The van der Waals surface area contributed by atoms with Crippen molar-refractivity contribution in [2.24, 2.45) is 0 Å². The predicted molar refractivity (Wildman–Crippen MR) is 107 cm³/mol. The topological polar surface area (TPSA) is 101 Å². The van der Waals surface area contributed by atoms with Gasteiger partial charge in [0.15, 0.2) is 0 Å². The van der Waals surface area contributed by atoms with Gasteiger partial charge in [-0.15, -0.1) is 0 Å². The second kappa shape index (κ2) is 7.46. The van der Waals surface area contributed by atoms with Crippen LogP contribution in [0, 0.1) is 6.92 Å². The molecule has 3 rings (SSSR count). The van der Waals surface area contributed by atoms with Crippen molar-refractivity contribution in [3.63, 3.8) is 0 Å². The first-order valence-electron chi connectivity index (χ1n) is 8.03. The van der Waals surface area contributed by atoms with E-state index in [0.29, 0.717) is 5.02 Å². The van der Waals surface area contributed by atoms with Crippen molar-refractivity contribution in [1.82, 2.24) is 0 Å². The first-order chi connectivity index (χ1) is 13.1. The van der Waals surface area contributed by atoms with Crippen LogP contribution in [-0.2, 0) is 19.9 Å². The van der Waals surface area contributed by atoms with E-state index in [9.17, 15) is 21.9 Å². The number of sulfone groups is 1. The van der Waals surface area contributed by atoms with Gasteiger partial charge in [0, 0.05) is 5.02 Å². The Morgan fingerprint density at radius 3 is 2.07 bits per heavy atom. The molecule has 0 aliphatic rings. The number of anilines is 1. The Morgan fingerprint density at radius 2 is 1.46 bits per heavy atom. The van der Waals surface area contributed by atoms with Crippen LogP contribution in [0.15, 0.2) is 81.4 Å². The number of nitrogens with one attached hydrogen (secondary N) is 1. The Kier molecular flexibility index (Phi) is 5.38. The van der Waals surface area contributed by atoms with Crippen LogP contribution in [-0.4, -0.2) is 21.9 Å². The first kappa shape index (κ1) is 20.2. The van der Waals surface area contributed by atoms with Crippen molar-refractivity contribution in [3.05, 3.63) is 77.3 Å². The highest BCUT2D eigenvalue weighted by Crippen LogP contribution is 2.34. The van der Waals surface area contributed by atoms with Crippen LogP contribution in [0.4, 0.5) is 5.69 Å². The fourth-order valence-electron chi connectivity index (χ4n) is 2.57. The summed E-state index contributed by atoms with van der Waals surface area (Å²) in [7, 11) is -8.01. The number of halogens is 1. The summed E-state index contributed by atoms with van der Waals surface area (Å²) in [6.07, 6.45) is 0. The number of phenolic OH excluding ortho intramolecular Hbond substituents is 1. The SMILES string of the molecule is Cc1cc(NS(=O)(=O)c2ccc(Cl)cc2)cc(S(=O)(=O)c2ccccc2)c1O. The summed E-state index contributed by atoms with van der Waals surface area (Å²) in [6, 6.07) is 15.6. The highest BCUT2D eigenvalue weighted by atomic mass is 35.5. The second-order valence-corrected chi connectivity index (χ2v) is 10.1. The number of rotatable bonds is 5. The molecule has 9 heteroatoms. The molecular formula is C19H16ClNO5S2. The second-order valence-electron chi connectivity index (χ2n) is 6.02. The van der Waals surface area contributed by atoms with Crippen molar-refractivity contribution in [2.75, 3.05) is 4.72 Å². The molecule has 0 saturated carbocycles. The standard InChI is InChI=1S/C19H16ClNO5S2/c1-13-11-15(21-28(25,26)17-9-7-14(20)8-10-17)12-18(19(13)22)27(23,24)16-5-3-2-4-6-16/h2-12,21-22H,1H3. The predicted octanol–water partition coefficient (Wildman–Crippen LogP) is 3.99. The molecule has 28 heavy (non-hydrogen) atoms. The Bertz CT molecular complexity index is 1220. The van der Waals surface area contributed by atoms with Gasteiger partial charge in [-0.25, -0.2) is 16.8 Å². The maximum absolute atomic E-state index is 12.9. The third kappa shape index (κ3) is 3.99. The van der Waals surface area contributed by atoms with Gasteiger partial charge < -0.3 is 5.11 Å². The van der Waals surface area contributed by atoms with Gasteiger partial charge >= 0.3 is 0 Å². The molecule has 0 radical (unpaired) electrons. The Labute approximate surface area is 168 Å². The summed E-state index contributed by atoms with van der Waals surface area (Å²) in [6.45, 7) is 1.49. The maximum Gasteiger partial charge on any atom is 0.261 e. The number of hydrogen-bond donors (Lipinski definition) is 2. The minimum absolute atomic E-state index is 0.0117. The third-order valence-corrected chi connectivity index (χ3v) is 7.42. The molecule has 0 atom stereocenters. The quantitative estimate of drug-likeness (QED) is 0.588. The van der Waals surface area contributed by atoms with Gasteiger partial charge in [0.05, 0.1) is 15.5 Å². The molecule has 0 heterocycles. The Hall–Kier alpha value is -2.55. The molecule has 146 valence electrons. The average molecular weight is 438 g/mol. The lowest BCUT2D eigenvalue weighted by Gasteiger charge is -2.13. The summed E-state index contributed by atoms with van der Waals surface area (Å²) in [4.78, 5) is -0.426. The molecule has 0 amide bonds. The number of sulfonamides is 1. The molecule has 3 aromatic carbocycles. The van der Waals surface area contributed by atoms with E-state index in [1.54, 1.807) is 18.2 Å². The molecule has 0 aliphatic carbocycles. The van der Waals surface area contributed by atoms with E-state index >= 15 is 0 Å². The first-order valence-corrected chi connectivity index (χ1v) is 11.4. The largest absolute Gasteiger partial charge is 0.506 e. The molecule has 0 bridgehead atoms. The van der Waals surface area contributed by atoms with E-state index < -0.39 is 25.6 Å². The molecule has 0 aromatic heterocycles. The summed E-state index contributed by atoms with van der Waals surface area (Å²) in [5.41, 5.74) is 0.227. The van der Waals surface area contributed by atoms with Crippen LogP contribution in [0.2, 0.25) is 5.02 Å². The average Bonchev–Trinajstić information content (AvgIpc) is 2.65. The molecule has 0 spiro atoms. The summed E-state index contributed by atoms with van der Waals surface area (Å²) in [5, 5.41) is 10.7. The van der Waals surface area contributed by atoms with Gasteiger partial charge in [0.1, 0.15) is 10.6 Å². The van der Waals surface area contributed by atoms with E-state index in [4.69, 9.17) is 11.6 Å². The summed E-state index contributed by atoms with van der Waals surface area (Å²) in [5.74, 6) is -0.432. The minimum Gasteiger partial charge on any atom is -0.506 e. The monoisotopic (exact) mass is 437 g/mol. The van der Waals surface area contributed by atoms with Crippen LogP contribution in [0.25, 0.3) is 0 Å². The highest BCUT2D eigenvalue weighted by Gasteiger charge is 2.24. The molecule has 0 aliphatic heterocycles. The van der Waals surface area contributed by atoms with E-state index in [2.05, 4.69) is 4.72 Å². The highest BCUT2D eigenvalue weighted by molar-refractivity contribution is 7.92. The van der Waals surface area contributed by atoms with Gasteiger partial charge in [0.25, 0.3) is 10.0 Å². The van der Waals surface area contributed by atoms with Crippen LogP contribution >= 0.6 is 11.6 Å². The van der Waals surface area contributed by atoms with Crippen molar-refractivity contribution in [2.45, 2.75) is 21.6 Å². The van der Waals surface area contributed by atoms with Crippen LogP contribution < -0.4 is 4.72 Å². The van der Waals surface area contributed by atoms with E-state index in [-0.39, 0.29) is 25.9 Å². The lowest BCUT2D eigenvalue weighted by atomic mass is 10.2. The minimum atomic E-state index is -4.04. The maximum atomic E-state index is 12.9. The Morgan fingerprint density at radius 1 is 0.857 bits per heavy atom. The molecule has 2 N–H and O–H groups in total. The van der Waals surface area contributed by atoms with Gasteiger partial charge in [-0.05, 0) is 61.0 Å². The zero-order chi connectivity index (χ0) is 20.5. The number of hydrogen-bond acceptors (Lipinski definition) is 5. The van der Waals surface area contributed by atoms with Crippen molar-refractivity contribution >= 4 is 37.1 Å². The fraction of sp³-hybridized carbons (Fsp3) is 0.0526. The Balaban J connectivity index is 2.06. The number of aryl methyl sites for hydroxylation is 1. The summed E-state index contributed by atoms with van der Waals surface area (Å²) >= 11 is 5.78. The van der Waals surface area contributed by atoms with Gasteiger partial charge in [0.2, 0.25) is 9.84 Å². The van der Waals surface area contributed by atoms with Crippen LogP contribution in [0.5, 0.6) is 5.75 Å². The van der Waals surface area contributed by atoms with E-state index in [0.717, 1.165) is 6.07 Å². The third-order valence-electron chi connectivity index (χ3n) is 3.98. The van der Waals surface area contributed by atoms with Crippen molar-refractivity contribution in [1.29, 1.82) is 0 Å². The molecule has 0 fully saturated rings. The number of benzene rings is 3. The lowest BCUT2D eigenvalue weighted by molar-refractivity contribution is 0.454. The van der Waals surface area contributed by atoms with Crippen LogP contribution in [0.1, 0.15) is 5.56 Å².